The number of morpholine rings is 1. The average molecular weight is 492 g/mol. The number of carbonyl (C=O) groups excluding carboxylic acids is 1. The molecule has 0 spiro atoms. The lowest BCUT2D eigenvalue weighted by Gasteiger charge is -2.34. The molecule has 3 heterocycles. The lowest BCUT2D eigenvalue weighted by Crippen LogP contribution is -2.41. The van der Waals surface area contributed by atoms with E-state index in [1.54, 1.807) is 10.4 Å². The standard InChI is InChI=1S/C26H41N3O4S/c1-20-4-12-29(13-5-20)34(31,32)25-19-24(18-21(2)22(25)3)26(30)28-10-7-23(8-11-28)6-9-27-14-16-33-17-15-27/h18-20,23H,4-17H2,1-3H3. The van der Waals surface area contributed by atoms with Gasteiger partial charge in [0.05, 0.1) is 18.1 Å². The van der Waals surface area contributed by atoms with Crippen molar-refractivity contribution in [1.82, 2.24) is 14.1 Å². The molecule has 1 amide bonds. The van der Waals surface area contributed by atoms with Gasteiger partial charge in [-0.2, -0.15) is 4.31 Å². The number of aryl methyl sites for hydroxylation is 1. The highest BCUT2D eigenvalue weighted by Gasteiger charge is 2.31. The third-order valence-corrected chi connectivity index (χ3v) is 10.1. The summed E-state index contributed by atoms with van der Waals surface area (Å²) in [6, 6.07) is 3.49. The molecule has 1 aromatic carbocycles. The van der Waals surface area contributed by atoms with Crippen LogP contribution in [-0.4, -0.2) is 87.5 Å². The predicted molar refractivity (Wildman–Crippen MR) is 134 cm³/mol. The van der Waals surface area contributed by atoms with Crippen molar-refractivity contribution in [1.29, 1.82) is 0 Å². The highest BCUT2D eigenvalue weighted by Crippen LogP contribution is 2.29. The van der Waals surface area contributed by atoms with E-state index in [-0.39, 0.29) is 5.91 Å². The Balaban J connectivity index is 1.40. The van der Waals surface area contributed by atoms with Gasteiger partial charge in [0.2, 0.25) is 10.0 Å². The fourth-order valence-corrected chi connectivity index (χ4v) is 7.17. The van der Waals surface area contributed by atoms with E-state index in [1.807, 2.05) is 24.8 Å². The average Bonchev–Trinajstić information content (AvgIpc) is 2.85. The van der Waals surface area contributed by atoms with Gasteiger partial charge >= 0.3 is 0 Å². The quantitative estimate of drug-likeness (QED) is 0.611. The summed E-state index contributed by atoms with van der Waals surface area (Å²) in [6.07, 6.45) is 4.96. The minimum atomic E-state index is -3.60. The molecular formula is C26H41N3O4S. The summed E-state index contributed by atoms with van der Waals surface area (Å²) >= 11 is 0. The van der Waals surface area contributed by atoms with Gasteiger partial charge in [-0.05, 0) is 87.6 Å². The molecule has 8 heteroatoms. The summed E-state index contributed by atoms with van der Waals surface area (Å²) < 4.78 is 33.9. The number of piperidine rings is 2. The summed E-state index contributed by atoms with van der Waals surface area (Å²) in [7, 11) is -3.60. The van der Waals surface area contributed by atoms with E-state index in [4.69, 9.17) is 4.74 Å². The molecule has 0 saturated carbocycles. The van der Waals surface area contributed by atoms with Crippen LogP contribution in [0.2, 0.25) is 0 Å². The highest BCUT2D eigenvalue weighted by molar-refractivity contribution is 7.89. The molecule has 0 N–H and O–H groups in total. The molecule has 3 fully saturated rings. The van der Waals surface area contributed by atoms with Crippen LogP contribution in [0.3, 0.4) is 0 Å². The molecule has 7 nitrogen and oxygen atoms in total. The zero-order valence-corrected chi connectivity index (χ0v) is 21.9. The van der Waals surface area contributed by atoms with Gasteiger partial charge in [0.15, 0.2) is 0 Å². The van der Waals surface area contributed by atoms with Crippen LogP contribution in [0.5, 0.6) is 0 Å². The third kappa shape index (κ3) is 5.83. The van der Waals surface area contributed by atoms with E-state index in [0.29, 0.717) is 35.4 Å². The van der Waals surface area contributed by atoms with E-state index in [9.17, 15) is 13.2 Å². The first kappa shape index (κ1) is 25.6. The maximum absolute atomic E-state index is 13.5. The molecule has 0 unspecified atom stereocenters. The Labute approximate surface area is 205 Å². The molecule has 0 aromatic heterocycles. The number of rotatable bonds is 6. The van der Waals surface area contributed by atoms with Crippen LogP contribution >= 0.6 is 0 Å². The normalized spacial score (nSPS) is 22.3. The van der Waals surface area contributed by atoms with Gasteiger partial charge in [-0.3, -0.25) is 9.69 Å². The van der Waals surface area contributed by atoms with Gasteiger partial charge in [0, 0.05) is 44.8 Å². The summed E-state index contributed by atoms with van der Waals surface area (Å²) in [5, 5.41) is 0. The molecule has 3 aliphatic heterocycles. The topological polar surface area (TPSA) is 70.2 Å². The number of hydrogen-bond acceptors (Lipinski definition) is 5. The molecule has 4 rings (SSSR count). The fraction of sp³-hybridized carbons (Fsp3) is 0.731. The van der Waals surface area contributed by atoms with Crippen molar-refractivity contribution in [2.24, 2.45) is 11.8 Å². The van der Waals surface area contributed by atoms with Gasteiger partial charge in [0.25, 0.3) is 5.91 Å². The summed E-state index contributed by atoms with van der Waals surface area (Å²) in [5.74, 6) is 1.15. The van der Waals surface area contributed by atoms with E-state index in [1.165, 1.54) is 6.42 Å². The van der Waals surface area contributed by atoms with Crippen LogP contribution in [0.4, 0.5) is 0 Å². The molecule has 0 aliphatic carbocycles. The minimum absolute atomic E-state index is 0.0431. The van der Waals surface area contributed by atoms with Crippen LogP contribution in [0, 0.1) is 25.7 Å². The molecule has 3 saturated heterocycles. The molecule has 0 atom stereocenters. The summed E-state index contributed by atoms with van der Waals surface area (Å²) in [4.78, 5) is 18.1. The zero-order chi connectivity index (χ0) is 24.3. The predicted octanol–water partition coefficient (Wildman–Crippen LogP) is 3.30. The fourth-order valence-electron chi connectivity index (χ4n) is 5.38. The Hall–Kier alpha value is -1.48. The number of sulfonamides is 1. The van der Waals surface area contributed by atoms with Crippen molar-refractivity contribution in [3.8, 4) is 0 Å². The van der Waals surface area contributed by atoms with Crippen LogP contribution in [0.25, 0.3) is 0 Å². The molecular weight excluding hydrogens is 450 g/mol. The second-order valence-corrected chi connectivity index (χ2v) is 12.4. The van der Waals surface area contributed by atoms with Crippen molar-refractivity contribution in [2.45, 2.75) is 57.8 Å². The van der Waals surface area contributed by atoms with Crippen molar-refractivity contribution in [3.63, 3.8) is 0 Å². The molecule has 1 aromatic rings. The summed E-state index contributed by atoms with van der Waals surface area (Å²) in [6.45, 7) is 13.3. The minimum Gasteiger partial charge on any atom is -0.379 e. The van der Waals surface area contributed by atoms with E-state index in [2.05, 4.69) is 11.8 Å². The smallest absolute Gasteiger partial charge is 0.253 e. The first-order chi connectivity index (χ1) is 16.3. The second kappa shape index (κ2) is 11.1. The molecule has 34 heavy (non-hydrogen) atoms. The molecule has 0 bridgehead atoms. The number of hydrogen-bond donors (Lipinski definition) is 0. The molecule has 3 aliphatic rings. The van der Waals surface area contributed by atoms with Crippen LogP contribution in [0.1, 0.15) is 60.5 Å². The van der Waals surface area contributed by atoms with Crippen molar-refractivity contribution in [2.75, 3.05) is 59.0 Å². The molecule has 190 valence electrons. The van der Waals surface area contributed by atoms with Crippen LogP contribution in [0.15, 0.2) is 17.0 Å². The Morgan fingerprint density at radius 3 is 2.26 bits per heavy atom. The van der Waals surface area contributed by atoms with Gasteiger partial charge in [-0.1, -0.05) is 6.92 Å². The highest BCUT2D eigenvalue weighted by atomic mass is 32.2. The Kier molecular flexibility index (Phi) is 8.33. The number of carbonyl (C=O) groups is 1. The number of benzene rings is 1. The Morgan fingerprint density at radius 1 is 0.971 bits per heavy atom. The van der Waals surface area contributed by atoms with Gasteiger partial charge in [-0.25, -0.2) is 8.42 Å². The summed E-state index contributed by atoms with van der Waals surface area (Å²) in [5.41, 5.74) is 2.10. The van der Waals surface area contributed by atoms with E-state index < -0.39 is 10.0 Å². The first-order valence-corrected chi connectivity index (χ1v) is 14.4. The van der Waals surface area contributed by atoms with Crippen molar-refractivity contribution in [3.05, 3.63) is 28.8 Å². The van der Waals surface area contributed by atoms with Crippen molar-refractivity contribution < 1.29 is 17.9 Å². The van der Waals surface area contributed by atoms with Crippen LogP contribution in [-0.2, 0) is 14.8 Å². The van der Waals surface area contributed by atoms with E-state index in [0.717, 1.165) is 82.7 Å². The van der Waals surface area contributed by atoms with Crippen LogP contribution < -0.4 is 0 Å². The van der Waals surface area contributed by atoms with Gasteiger partial charge < -0.3 is 9.64 Å². The zero-order valence-electron chi connectivity index (χ0n) is 21.1. The lowest BCUT2D eigenvalue weighted by molar-refractivity contribution is 0.0332. The Bertz CT molecular complexity index is 959. The SMILES string of the molecule is Cc1cc(C(=O)N2CCC(CCN3CCOCC3)CC2)cc(S(=O)(=O)N2CCC(C)CC2)c1C. The van der Waals surface area contributed by atoms with E-state index >= 15 is 0 Å². The first-order valence-electron chi connectivity index (χ1n) is 13.0. The number of ether oxygens (including phenoxy) is 1. The van der Waals surface area contributed by atoms with Crippen molar-refractivity contribution >= 4 is 15.9 Å². The number of nitrogens with zero attached hydrogens (tertiary/aromatic N) is 3. The maximum atomic E-state index is 13.5. The number of amides is 1. The lowest BCUT2D eigenvalue weighted by atomic mass is 9.92. The second-order valence-electron chi connectivity index (χ2n) is 10.5. The third-order valence-electron chi connectivity index (χ3n) is 8.09. The molecule has 0 radical (unpaired) electrons. The Morgan fingerprint density at radius 2 is 1.62 bits per heavy atom. The van der Waals surface area contributed by atoms with Gasteiger partial charge in [-0.15, -0.1) is 0 Å². The monoisotopic (exact) mass is 491 g/mol. The largest absolute Gasteiger partial charge is 0.379 e. The number of likely N-dealkylation sites (tertiary alicyclic amines) is 1. The maximum Gasteiger partial charge on any atom is 0.253 e. The van der Waals surface area contributed by atoms with Gasteiger partial charge in [0.1, 0.15) is 0 Å².